The standard InChI is InChI=1S/C30H47N3O10S/c1-2-3-6-9-19(34)12-13-20-21(10-7-4-5-8-11-27(37)38)25(16-24(20)35)44-18-23(29(41)32-17-28(39)40)33-26(36)15-14-22(31)30(42)43/h4,7,12-13,19-23,25,34H,2-3,5-6,8-11,14-18,31H2,1H3,(H,32,41)(H,33,36)(H,37,38)(H,39,40)(H,42,43)/p-2/b7-4-,13-12+/t19-,20+,21+,22-,23-,25+/m0/s1. The second-order valence-electron chi connectivity index (χ2n) is 10.9. The topological polar surface area (TPSA) is 244 Å². The van der Waals surface area contributed by atoms with Crippen molar-refractivity contribution in [1.29, 1.82) is 0 Å². The van der Waals surface area contributed by atoms with E-state index in [1.165, 1.54) is 11.8 Å². The smallest absolute Gasteiger partial charge is 0.243 e. The minimum absolute atomic E-state index is 0.00123. The van der Waals surface area contributed by atoms with E-state index >= 15 is 0 Å². The second kappa shape index (κ2) is 21.5. The molecule has 0 unspecified atom stereocenters. The number of thioether (sulfide) groups is 1. The number of ketones is 1. The summed E-state index contributed by atoms with van der Waals surface area (Å²) in [5, 5.41) is 47.2. The molecule has 2 amide bonds. The van der Waals surface area contributed by atoms with Crippen molar-refractivity contribution in [3.05, 3.63) is 24.3 Å². The van der Waals surface area contributed by atoms with E-state index in [-0.39, 0.29) is 48.4 Å². The van der Waals surface area contributed by atoms with Crippen LogP contribution in [-0.2, 0) is 28.8 Å². The molecule has 0 aromatic heterocycles. The number of carboxylic acids is 3. The molecule has 0 aromatic rings. The number of nitrogens with one attached hydrogen (secondary N) is 2. The van der Waals surface area contributed by atoms with Gasteiger partial charge in [-0.25, -0.2) is 0 Å². The normalized spacial score (nSPS) is 20.4. The van der Waals surface area contributed by atoms with Gasteiger partial charge in [-0.15, -0.1) is 0 Å². The van der Waals surface area contributed by atoms with Gasteiger partial charge in [0.2, 0.25) is 11.8 Å². The first-order chi connectivity index (χ1) is 20.8. The van der Waals surface area contributed by atoms with Crippen molar-refractivity contribution in [2.45, 2.75) is 101 Å². The number of Topliss-reactive ketones (excluding diaryl/α,β-unsaturated/α-hetero) is 1. The van der Waals surface area contributed by atoms with Crippen LogP contribution in [0.25, 0.3) is 0 Å². The zero-order valence-corrected chi connectivity index (χ0v) is 26.0. The summed E-state index contributed by atoms with van der Waals surface area (Å²) >= 11 is 1.27. The first-order valence-corrected chi connectivity index (χ1v) is 16.1. The lowest BCUT2D eigenvalue weighted by molar-refractivity contribution is -0.438. The van der Waals surface area contributed by atoms with E-state index in [1.807, 2.05) is 12.2 Å². The highest BCUT2D eigenvalue weighted by Gasteiger charge is 2.41. The molecule has 1 fully saturated rings. The van der Waals surface area contributed by atoms with Crippen LogP contribution in [0.1, 0.15) is 77.6 Å². The molecule has 0 aromatic carbocycles. The number of unbranched alkanes of at least 4 members (excludes halogenated alkanes) is 3. The van der Waals surface area contributed by atoms with Gasteiger partial charge in [-0.05, 0) is 38.0 Å². The summed E-state index contributed by atoms with van der Waals surface area (Å²) in [6, 6.07) is -2.31. The Hall–Kier alpha value is -3.23. The summed E-state index contributed by atoms with van der Waals surface area (Å²) in [4.78, 5) is 70.8. The Morgan fingerprint density at radius 2 is 1.77 bits per heavy atom. The predicted molar refractivity (Wildman–Crippen MR) is 156 cm³/mol. The molecule has 0 heterocycles. The second-order valence-corrected chi connectivity index (χ2v) is 12.2. The van der Waals surface area contributed by atoms with E-state index in [0.29, 0.717) is 25.7 Å². The fourth-order valence-electron chi connectivity index (χ4n) is 4.74. The van der Waals surface area contributed by atoms with E-state index in [4.69, 9.17) is 0 Å². The van der Waals surface area contributed by atoms with Crippen molar-refractivity contribution in [2.75, 3.05) is 12.3 Å². The summed E-state index contributed by atoms with van der Waals surface area (Å²) in [6.07, 6.45) is 10.9. The zero-order valence-electron chi connectivity index (χ0n) is 25.2. The van der Waals surface area contributed by atoms with Crippen molar-refractivity contribution in [2.24, 2.45) is 11.8 Å². The lowest BCUT2D eigenvalue weighted by Crippen LogP contribution is -2.68. The molecule has 1 saturated carbocycles. The molecule has 14 heteroatoms. The summed E-state index contributed by atoms with van der Waals surface area (Å²) in [6.45, 7) is 1.29. The van der Waals surface area contributed by atoms with E-state index in [9.17, 15) is 49.2 Å². The average molecular weight is 640 g/mol. The number of aliphatic hydroxyl groups is 1. The van der Waals surface area contributed by atoms with Gasteiger partial charge in [0, 0.05) is 42.2 Å². The number of rotatable bonds is 23. The fraction of sp³-hybridized carbons (Fsp3) is 0.667. The summed E-state index contributed by atoms with van der Waals surface area (Å²) in [5.74, 6) is -6.25. The number of hydrogen-bond donors (Lipinski definition) is 4. The van der Waals surface area contributed by atoms with Crippen LogP contribution < -0.4 is 31.7 Å². The molecule has 44 heavy (non-hydrogen) atoms. The lowest BCUT2D eigenvalue weighted by Gasteiger charge is -2.24. The third-order valence-corrected chi connectivity index (χ3v) is 8.74. The van der Waals surface area contributed by atoms with Gasteiger partial charge in [0.1, 0.15) is 17.9 Å². The van der Waals surface area contributed by atoms with Crippen LogP contribution in [0.4, 0.5) is 0 Å². The zero-order chi connectivity index (χ0) is 33.1. The molecular weight excluding hydrogens is 594 g/mol. The highest BCUT2D eigenvalue weighted by atomic mass is 32.2. The van der Waals surface area contributed by atoms with Gasteiger partial charge in [-0.1, -0.05) is 50.5 Å². The minimum atomic E-state index is -1.52. The van der Waals surface area contributed by atoms with Crippen molar-refractivity contribution in [3.8, 4) is 0 Å². The van der Waals surface area contributed by atoms with E-state index in [0.717, 1.165) is 19.3 Å². The summed E-state index contributed by atoms with van der Waals surface area (Å²) < 4.78 is 0. The summed E-state index contributed by atoms with van der Waals surface area (Å²) in [5.41, 5.74) is 3.39. The number of carboxylic acid groups (broad SMARTS) is 3. The Balaban J connectivity index is 3.03. The predicted octanol–water partition coefficient (Wildman–Crippen LogP) is -2.85. The van der Waals surface area contributed by atoms with Crippen LogP contribution >= 0.6 is 11.8 Å². The Kier molecular flexibility index (Phi) is 18.9. The molecule has 1 aliphatic carbocycles. The number of carbonyl (C=O) groups excluding carboxylic acids is 6. The highest BCUT2D eigenvalue weighted by molar-refractivity contribution is 8.00. The maximum Gasteiger partial charge on any atom is 0.243 e. The van der Waals surface area contributed by atoms with E-state index in [2.05, 4.69) is 23.3 Å². The molecule has 1 rings (SSSR count). The SMILES string of the molecule is CCCCC[C@H](O)/C=C/[C@H]1C(=O)C[C@@H](SC[C@H](NC(=O)CC[C@H]([NH3+])C(=O)[O-])C(=O)NCC(=O)[O-])[C@@H]1C/C=C\CCCC(=O)[O-]. The maximum atomic E-state index is 13.1. The fourth-order valence-corrected chi connectivity index (χ4v) is 6.23. The molecule has 0 spiro atoms. The quantitative estimate of drug-likeness (QED) is 0.0655. The Morgan fingerprint density at radius 3 is 2.41 bits per heavy atom. The minimum Gasteiger partial charge on any atom is -0.550 e. The summed E-state index contributed by atoms with van der Waals surface area (Å²) in [7, 11) is 0. The third kappa shape index (κ3) is 16.0. The number of aliphatic hydroxyl groups excluding tert-OH is 1. The van der Waals surface area contributed by atoms with Crippen LogP contribution in [0.3, 0.4) is 0 Å². The van der Waals surface area contributed by atoms with Gasteiger partial charge in [-0.2, -0.15) is 11.8 Å². The van der Waals surface area contributed by atoms with Crippen LogP contribution in [0, 0.1) is 11.8 Å². The van der Waals surface area contributed by atoms with Gasteiger partial charge in [0.25, 0.3) is 0 Å². The van der Waals surface area contributed by atoms with Crippen molar-refractivity contribution < 1.29 is 54.9 Å². The number of allylic oxidation sites excluding steroid dienone is 3. The van der Waals surface area contributed by atoms with Crippen LogP contribution in [-0.4, -0.2) is 76.3 Å². The molecule has 13 nitrogen and oxygen atoms in total. The first-order valence-electron chi connectivity index (χ1n) is 15.0. The number of quaternary nitrogens is 1. The van der Waals surface area contributed by atoms with E-state index < -0.39 is 60.4 Å². The van der Waals surface area contributed by atoms with Crippen LogP contribution in [0.2, 0.25) is 0 Å². The molecular formula is C30H45N3O10S-2. The van der Waals surface area contributed by atoms with E-state index in [1.54, 1.807) is 12.2 Å². The van der Waals surface area contributed by atoms with Crippen molar-refractivity contribution in [1.82, 2.24) is 10.6 Å². The van der Waals surface area contributed by atoms with Crippen LogP contribution in [0.5, 0.6) is 0 Å². The van der Waals surface area contributed by atoms with Crippen molar-refractivity contribution >= 4 is 47.3 Å². The lowest BCUT2D eigenvalue weighted by atomic mass is 9.91. The molecule has 1 aliphatic rings. The Morgan fingerprint density at radius 1 is 1.05 bits per heavy atom. The first kappa shape index (κ1) is 38.8. The Bertz CT molecular complexity index is 1030. The number of hydrogen-bond acceptors (Lipinski definition) is 11. The molecule has 0 radical (unpaired) electrons. The van der Waals surface area contributed by atoms with Gasteiger partial charge in [0.05, 0.1) is 24.6 Å². The number of aliphatic carboxylic acids is 3. The van der Waals surface area contributed by atoms with Gasteiger partial charge >= 0.3 is 0 Å². The monoisotopic (exact) mass is 639 g/mol. The third-order valence-electron chi connectivity index (χ3n) is 7.27. The highest BCUT2D eigenvalue weighted by Crippen LogP contribution is 2.41. The number of carbonyl (C=O) groups is 6. The molecule has 0 saturated heterocycles. The van der Waals surface area contributed by atoms with Gasteiger partial charge in [0.15, 0.2) is 0 Å². The molecule has 0 bridgehead atoms. The molecule has 248 valence electrons. The van der Waals surface area contributed by atoms with Crippen LogP contribution in [0.15, 0.2) is 24.3 Å². The number of amides is 2. The molecule has 6 atom stereocenters. The molecule has 0 aliphatic heterocycles. The average Bonchev–Trinajstić information content (AvgIpc) is 3.26. The Labute approximate surface area is 262 Å². The molecule has 6 N–H and O–H groups in total. The maximum absolute atomic E-state index is 13.1. The van der Waals surface area contributed by atoms with Gasteiger partial charge < -0.3 is 51.2 Å². The van der Waals surface area contributed by atoms with Gasteiger partial charge in [-0.3, -0.25) is 14.4 Å². The van der Waals surface area contributed by atoms with Crippen molar-refractivity contribution in [3.63, 3.8) is 0 Å². The largest absolute Gasteiger partial charge is 0.550 e.